The summed E-state index contributed by atoms with van der Waals surface area (Å²) >= 11 is 0. The van der Waals surface area contributed by atoms with Gasteiger partial charge in [0.1, 0.15) is 13.2 Å². The summed E-state index contributed by atoms with van der Waals surface area (Å²) in [4.78, 5) is 37.9. The van der Waals surface area contributed by atoms with Gasteiger partial charge in [0.05, 0.1) is 0 Å². The second kappa shape index (κ2) is 49.1. The van der Waals surface area contributed by atoms with Crippen LogP contribution in [0.5, 0.6) is 0 Å². The minimum absolute atomic E-state index is 0.0618. The zero-order valence-corrected chi connectivity index (χ0v) is 40.1. The molecule has 0 amide bonds. The Morgan fingerprint density at radius 3 is 0.678 bits per heavy atom. The van der Waals surface area contributed by atoms with E-state index in [1.54, 1.807) is 0 Å². The van der Waals surface area contributed by atoms with Gasteiger partial charge in [0.25, 0.3) is 0 Å². The van der Waals surface area contributed by atoms with Gasteiger partial charge in [-0.3, -0.25) is 14.4 Å². The summed E-state index contributed by atoms with van der Waals surface area (Å²) in [6, 6.07) is 0. The molecule has 0 fully saturated rings. The molecule has 0 saturated carbocycles. The first-order chi connectivity index (χ1) is 29.0. The molecule has 0 radical (unpaired) electrons. The number of rotatable bonds is 49. The average Bonchev–Trinajstić information content (AvgIpc) is 3.23. The van der Waals surface area contributed by atoms with E-state index in [1.807, 2.05) is 0 Å². The van der Waals surface area contributed by atoms with E-state index in [-0.39, 0.29) is 31.1 Å². The summed E-state index contributed by atoms with van der Waals surface area (Å²) < 4.78 is 16.8. The second-order valence-corrected chi connectivity index (χ2v) is 18.2. The van der Waals surface area contributed by atoms with Crippen LogP contribution < -0.4 is 0 Å². The van der Waals surface area contributed by atoms with E-state index in [9.17, 15) is 14.4 Å². The summed E-state index contributed by atoms with van der Waals surface area (Å²) in [5.41, 5.74) is 0. The van der Waals surface area contributed by atoms with Crippen molar-refractivity contribution in [2.24, 2.45) is 0 Å². The molecule has 0 bridgehead atoms. The molecule has 6 heteroatoms. The Bertz CT molecular complexity index is 874. The molecule has 0 N–H and O–H groups in total. The van der Waals surface area contributed by atoms with Gasteiger partial charge in [-0.25, -0.2) is 0 Å². The zero-order chi connectivity index (χ0) is 43.0. The van der Waals surface area contributed by atoms with Gasteiger partial charge in [-0.05, 0) is 19.3 Å². The van der Waals surface area contributed by atoms with Crippen molar-refractivity contribution in [3.05, 3.63) is 0 Å². The van der Waals surface area contributed by atoms with Gasteiger partial charge in [0.2, 0.25) is 0 Å². The number of unbranched alkanes of at least 4 members (excludes halogenated alkanes) is 38. The predicted molar refractivity (Wildman–Crippen MR) is 252 cm³/mol. The first-order valence-corrected chi connectivity index (χ1v) is 26.5. The van der Waals surface area contributed by atoms with Crippen LogP contribution in [-0.2, 0) is 28.6 Å². The monoisotopic (exact) mass is 835 g/mol. The van der Waals surface area contributed by atoms with Crippen LogP contribution in [0.15, 0.2) is 0 Å². The van der Waals surface area contributed by atoms with Crippen LogP contribution in [0.3, 0.4) is 0 Å². The number of ether oxygens (including phenoxy) is 3. The third-order valence-electron chi connectivity index (χ3n) is 12.1. The third kappa shape index (κ3) is 47.3. The van der Waals surface area contributed by atoms with Crippen LogP contribution >= 0.6 is 0 Å². The number of carbonyl (C=O) groups is 3. The minimum Gasteiger partial charge on any atom is -0.462 e. The van der Waals surface area contributed by atoms with Crippen molar-refractivity contribution in [1.29, 1.82) is 0 Å². The Kier molecular flexibility index (Phi) is 47.7. The average molecular weight is 835 g/mol. The predicted octanol–water partition coefficient (Wildman–Crippen LogP) is 17.2. The zero-order valence-electron chi connectivity index (χ0n) is 40.1. The van der Waals surface area contributed by atoms with Crippen molar-refractivity contribution in [3.8, 4) is 0 Å². The lowest BCUT2D eigenvalue weighted by Crippen LogP contribution is -2.30. The molecule has 0 aliphatic rings. The molecule has 0 aliphatic heterocycles. The van der Waals surface area contributed by atoms with Gasteiger partial charge in [-0.15, -0.1) is 0 Å². The molecule has 0 aromatic heterocycles. The lowest BCUT2D eigenvalue weighted by Gasteiger charge is -2.18. The number of carbonyl (C=O) groups excluding carboxylic acids is 3. The fraction of sp³-hybridized carbons (Fsp3) is 0.943. The Hall–Kier alpha value is -1.59. The number of hydrogen-bond acceptors (Lipinski definition) is 6. The van der Waals surface area contributed by atoms with Gasteiger partial charge in [0.15, 0.2) is 6.10 Å². The molecule has 0 saturated heterocycles. The Balaban J connectivity index is 4.24. The maximum absolute atomic E-state index is 12.8. The smallest absolute Gasteiger partial charge is 0.306 e. The first kappa shape index (κ1) is 57.4. The SMILES string of the molecule is CCCCCCCCCCCCCCCCCCCC(=O)OC[C@@H](COC(=O)CCCCCCCCCCC)OC(=O)CCCCCCCCCCCCCCCCC. The summed E-state index contributed by atoms with van der Waals surface area (Å²) in [7, 11) is 0. The van der Waals surface area contributed by atoms with E-state index < -0.39 is 6.10 Å². The van der Waals surface area contributed by atoms with Gasteiger partial charge in [-0.2, -0.15) is 0 Å². The van der Waals surface area contributed by atoms with E-state index in [0.717, 1.165) is 57.8 Å². The molecule has 0 aromatic rings. The van der Waals surface area contributed by atoms with E-state index in [4.69, 9.17) is 14.2 Å². The van der Waals surface area contributed by atoms with Crippen molar-refractivity contribution in [2.75, 3.05) is 13.2 Å². The first-order valence-electron chi connectivity index (χ1n) is 26.5. The van der Waals surface area contributed by atoms with E-state index in [2.05, 4.69) is 20.8 Å². The quantitative estimate of drug-likeness (QED) is 0.0345. The standard InChI is InChI=1S/C53H102O6/c1-4-7-10-13-16-19-21-23-25-26-28-29-31-34-37-40-43-46-52(55)58-49-50(48-57-51(54)45-42-39-36-33-18-15-12-9-6-3)59-53(56)47-44-41-38-35-32-30-27-24-22-20-17-14-11-8-5-2/h50H,4-49H2,1-3H3/t50-/m1/s1. The minimum atomic E-state index is -0.759. The molecular weight excluding hydrogens is 733 g/mol. The Morgan fingerprint density at radius 2 is 0.458 bits per heavy atom. The Labute approximate surface area is 368 Å². The number of esters is 3. The fourth-order valence-corrected chi connectivity index (χ4v) is 8.09. The molecule has 1 atom stereocenters. The highest BCUT2D eigenvalue weighted by Crippen LogP contribution is 2.17. The highest BCUT2D eigenvalue weighted by Gasteiger charge is 2.19. The van der Waals surface area contributed by atoms with Crippen LogP contribution in [-0.4, -0.2) is 37.2 Å². The summed E-state index contributed by atoms with van der Waals surface area (Å²) in [5.74, 6) is -0.842. The van der Waals surface area contributed by atoms with Crippen molar-refractivity contribution < 1.29 is 28.6 Å². The highest BCUT2D eigenvalue weighted by molar-refractivity contribution is 5.71. The van der Waals surface area contributed by atoms with Crippen LogP contribution in [0.1, 0.15) is 303 Å². The maximum Gasteiger partial charge on any atom is 0.306 e. The topological polar surface area (TPSA) is 78.9 Å². The van der Waals surface area contributed by atoms with Gasteiger partial charge in [-0.1, -0.05) is 265 Å². The van der Waals surface area contributed by atoms with Gasteiger partial charge >= 0.3 is 17.9 Å². The molecule has 6 nitrogen and oxygen atoms in total. The molecule has 0 aromatic carbocycles. The third-order valence-corrected chi connectivity index (χ3v) is 12.1. The summed E-state index contributed by atoms with van der Waals surface area (Å²) in [6.45, 7) is 6.67. The normalized spacial score (nSPS) is 11.8. The summed E-state index contributed by atoms with van der Waals surface area (Å²) in [5, 5.41) is 0. The molecular formula is C53H102O6. The Morgan fingerprint density at radius 1 is 0.271 bits per heavy atom. The molecule has 59 heavy (non-hydrogen) atoms. The van der Waals surface area contributed by atoms with Crippen LogP contribution in [0.4, 0.5) is 0 Å². The highest BCUT2D eigenvalue weighted by atomic mass is 16.6. The van der Waals surface area contributed by atoms with Crippen molar-refractivity contribution in [2.45, 2.75) is 309 Å². The fourth-order valence-electron chi connectivity index (χ4n) is 8.09. The molecule has 0 aliphatic carbocycles. The van der Waals surface area contributed by atoms with Gasteiger partial charge in [0, 0.05) is 19.3 Å². The van der Waals surface area contributed by atoms with Gasteiger partial charge < -0.3 is 14.2 Å². The molecule has 0 rings (SSSR count). The molecule has 0 heterocycles. The number of hydrogen-bond donors (Lipinski definition) is 0. The lowest BCUT2D eigenvalue weighted by molar-refractivity contribution is -0.167. The maximum atomic E-state index is 12.8. The van der Waals surface area contributed by atoms with Crippen LogP contribution in [0.25, 0.3) is 0 Å². The second-order valence-electron chi connectivity index (χ2n) is 18.2. The van der Waals surface area contributed by atoms with Crippen LogP contribution in [0, 0.1) is 0 Å². The van der Waals surface area contributed by atoms with Crippen molar-refractivity contribution >= 4 is 17.9 Å². The van der Waals surface area contributed by atoms with Crippen LogP contribution in [0.2, 0.25) is 0 Å². The van der Waals surface area contributed by atoms with Crippen molar-refractivity contribution in [3.63, 3.8) is 0 Å². The lowest BCUT2D eigenvalue weighted by atomic mass is 10.0. The molecule has 0 unspecified atom stereocenters. The molecule has 350 valence electrons. The van der Waals surface area contributed by atoms with E-state index in [1.165, 1.54) is 205 Å². The van der Waals surface area contributed by atoms with E-state index in [0.29, 0.717) is 19.3 Å². The largest absolute Gasteiger partial charge is 0.462 e. The van der Waals surface area contributed by atoms with Crippen molar-refractivity contribution in [1.82, 2.24) is 0 Å². The van der Waals surface area contributed by atoms with E-state index >= 15 is 0 Å². The summed E-state index contributed by atoms with van der Waals surface area (Å²) in [6.07, 6.45) is 52.3. The molecule has 0 spiro atoms.